The van der Waals surface area contributed by atoms with Crippen LogP contribution in [-0.4, -0.2) is 48.8 Å². The molecule has 0 bridgehead atoms. The van der Waals surface area contributed by atoms with Gasteiger partial charge in [-0.25, -0.2) is 8.42 Å². The van der Waals surface area contributed by atoms with Crippen LogP contribution in [0.15, 0.2) is 47.6 Å². The number of piperidine rings is 1. The van der Waals surface area contributed by atoms with E-state index >= 15 is 0 Å². The number of nitrogens with zero attached hydrogens (tertiary/aromatic N) is 3. The van der Waals surface area contributed by atoms with Gasteiger partial charge < -0.3 is 10.6 Å². The Bertz CT molecular complexity index is 968. The lowest BCUT2D eigenvalue weighted by molar-refractivity contribution is -0.384. The molecule has 0 spiro atoms. The third kappa shape index (κ3) is 5.45. The van der Waals surface area contributed by atoms with Crippen LogP contribution in [0, 0.1) is 16.0 Å². The summed E-state index contributed by atoms with van der Waals surface area (Å²) in [6, 6.07) is 7.81. The molecule has 162 valence electrons. The highest BCUT2D eigenvalue weighted by atomic mass is 32.2. The molecule has 2 N–H and O–H groups in total. The van der Waals surface area contributed by atoms with Crippen LogP contribution in [0.25, 0.3) is 0 Å². The molecule has 0 amide bonds. The molecule has 1 aliphatic rings. The van der Waals surface area contributed by atoms with Crippen molar-refractivity contribution in [2.45, 2.75) is 31.1 Å². The normalized spacial score (nSPS) is 17.4. The SMILES string of the molecule is CC1CCCN(S(=O)(=O)c2ccc(NCCCNc3ccncc3)c([N+](=O)[O-])c2)C1. The van der Waals surface area contributed by atoms with Gasteiger partial charge in [-0.05, 0) is 49.4 Å². The first kappa shape index (κ1) is 22.0. The average molecular weight is 434 g/mol. The van der Waals surface area contributed by atoms with E-state index < -0.39 is 14.9 Å². The fourth-order valence-corrected chi connectivity index (χ4v) is 5.12. The van der Waals surface area contributed by atoms with Crippen molar-refractivity contribution in [2.75, 3.05) is 36.8 Å². The zero-order valence-electron chi connectivity index (χ0n) is 17.0. The fourth-order valence-electron chi connectivity index (χ4n) is 3.50. The molecule has 30 heavy (non-hydrogen) atoms. The molecule has 1 fully saturated rings. The summed E-state index contributed by atoms with van der Waals surface area (Å²) in [5.74, 6) is 0.283. The Balaban J connectivity index is 1.64. The summed E-state index contributed by atoms with van der Waals surface area (Å²) < 4.78 is 27.3. The molecule has 1 aromatic carbocycles. The second-order valence-electron chi connectivity index (χ2n) is 7.49. The first-order chi connectivity index (χ1) is 14.4. The molecule has 2 aromatic rings. The number of nitro groups is 1. The van der Waals surface area contributed by atoms with E-state index in [1.165, 1.54) is 16.4 Å². The fraction of sp³-hybridized carbons (Fsp3) is 0.450. The van der Waals surface area contributed by atoms with Crippen molar-refractivity contribution >= 4 is 27.1 Å². The number of anilines is 2. The van der Waals surface area contributed by atoms with Crippen molar-refractivity contribution in [2.24, 2.45) is 5.92 Å². The number of nitrogens with one attached hydrogen (secondary N) is 2. The predicted molar refractivity (Wildman–Crippen MR) is 116 cm³/mol. The molecule has 1 aliphatic heterocycles. The maximum absolute atomic E-state index is 12.9. The topological polar surface area (TPSA) is 117 Å². The highest BCUT2D eigenvalue weighted by molar-refractivity contribution is 7.89. The molecule has 0 radical (unpaired) electrons. The average Bonchev–Trinajstić information content (AvgIpc) is 2.74. The van der Waals surface area contributed by atoms with Crippen LogP contribution in [0.4, 0.5) is 17.1 Å². The lowest BCUT2D eigenvalue weighted by Gasteiger charge is -2.30. The van der Waals surface area contributed by atoms with Crippen LogP contribution < -0.4 is 10.6 Å². The summed E-state index contributed by atoms with van der Waals surface area (Å²) in [4.78, 5) is 14.9. The summed E-state index contributed by atoms with van der Waals surface area (Å²) in [5.41, 5.74) is 1.04. The number of nitro benzene ring substituents is 1. The van der Waals surface area contributed by atoms with Gasteiger partial charge in [-0.1, -0.05) is 6.92 Å². The number of rotatable bonds is 9. The highest BCUT2D eigenvalue weighted by Crippen LogP contribution is 2.30. The van der Waals surface area contributed by atoms with E-state index in [9.17, 15) is 18.5 Å². The zero-order chi connectivity index (χ0) is 21.6. The molecule has 3 rings (SSSR count). The van der Waals surface area contributed by atoms with Gasteiger partial charge in [0, 0.05) is 50.3 Å². The summed E-state index contributed by atoms with van der Waals surface area (Å²) in [6.45, 7) is 4.10. The molecule has 1 saturated heterocycles. The van der Waals surface area contributed by atoms with Crippen molar-refractivity contribution < 1.29 is 13.3 Å². The van der Waals surface area contributed by atoms with E-state index in [1.54, 1.807) is 12.4 Å². The van der Waals surface area contributed by atoms with Crippen molar-refractivity contribution in [3.8, 4) is 0 Å². The summed E-state index contributed by atoms with van der Waals surface area (Å²) in [7, 11) is -3.74. The summed E-state index contributed by atoms with van der Waals surface area (Å²) in [5, 5.41) is 17.8. The van der Waals surface area contributed by atoms with E-state index in [-0.39, 0.29) is 16.5 Å². The van der Waals surface area contributed by atoms with Gasteiger partial charge in [-0.3, -0.25) is 15.1 Å². The first-order valence-electron chi connectivity index (χ1n) is 10.0. The van der Waals surface area contributed by atoms with Gasteiger partial charge in [-0.2, -0.15) is 4.31 Å². The molecular weight excluding hydrogens is 406 g/mol. The van der Waals surface area contributed by atoms with Gasteiger partial charge in [-0.15, -0.1) is 0 Å². The molecule has 1 aromatic heterocycles. The third-order valence-corrected chi connectivity index (χ3v) is 6.96. The Morgan fingerprint density at radius 1 is 1.20 bits per heavy atom. The maximum atomic E-state index is 12.9. The standard InChI is InChI=1S/C20H27N5O4S/c1-16-4-2-13-24(15-16)30(28,29)18-5-6-19(20(14-18)25(26)27)23-10-3-9-22-17-7-11-21-12-8-17/h5-8,11-12,14,16,23H,2-4,9-10,13,15H2,1H3,(H,21,22). The van der Waals surface area contributed by atoms with Crippen molar-refractivity contribution in [1.82, 2.24) is 9.29 Å². The van der Waals surface area contributed by atoms with E-state index in [0.29, 0.717) is 31.9 Å². The molecule has 0 saturated carbocycles. The van der Waals surface area contributed by atoms with E-state index in [4.69, 9.17) is 0 Å². The minimum absolute atomic E-state index is 0.0341. The summed E-state index contributed by atoms with van der Waals surface area (Å²) in [6.07, 6.45) is 5.92. The Hall–Kier alpha value is -2.72. The lowest BCUT2D eigenvalue weighted by atomic mass is 10.0. The smallest absolute Gasteiger partial charge is 0.293 e. The van der Waals surface area contributed by atoms with Crippen molar-refractivity contribution in [3.05, 3.63) is 52.8 Å². The molecule has 2 heterocycles. The number of sulfonamides is 1. The van der Waals surface area contributed by atoms with Crippen LogP contribution in [-0.2, 0) is 10.0 Å². The second kappa shape index (κ2) is 9.86. The van der Waals surface area contributed by atoms with Gasteiger partial charge >= 0.3 is 0 Å². The third-order valence-electron chi connectivity index (χ3n) is 5.10. The Morgan fingerprint density at radius 3 is 2.63 bits per heavy atom. The minimum atomic E-state index is -3.74. The number of benzene rings is 1. The Morgan fingerprint density at radius 2 is 1.93 bits per heavy atom. The molecular formula is C20H27N5O4S. The van der Waals surface area contributed by atoms with Gasteiger partial charge in [0.2, 0.25) is 10.0 Å². The van der Waals surface area contributed by atoms with E-state index in [0.717, 1.165) is 31.0 Å². The molecule has 10 heteroatoms. The van der Waals surface area contributed by atoms with Crippen molar-refractivity contribution in [3.63, 3.8) is 0 Å². The maximum Gasteiger partial charge on any atom is 0.293 e. The monoisotopic (exact) mass is 433 g/mol. The highest BCUT2D eigenvalue weighted by Gasteiger charge is 2.30. The quantitative estimate of drug-likeness (QED) is 0.354. The van der Waals surface area contributed by atoms with Crippen LogP contribution in [0.3, 0.4) is 0 Å². The molecule has 1 unspecified atom stereocenters. The van der Waals surface area contributed by atoms with Crippen LogP contribution >= 0.6 is 0 Å². The van der Waals surface area contributed by atoms with E-state index in [2.05, 4.69) is 15.6 Å². The van der Waals surface area contributed by atoms with Gasteiger partial charge in [0.15, 0.2) is 0 Å². The van der Waals surface area contributed by atoms with Crippen molar-refractivity contribution in [1.29, 1.82) is 0 Å². The molecule has 1 atom stereocenters. The molecule has 9 nitrogen and oxygen atoms in total. The lowest BCUT2D eigenvalue weighted by Crippen LogP contribution is -2.39. The number of aromatic nitrogens is 1. The Labute approximate surface area is 176 Å². The van der Waals surface area contributed by atoms with Crippen LogP contribution in [0.1, 0.15) is 26.2 Å². The van der Waals surface area contributed by atoms with E-state index in [1.807, 2.05) is 19.1 Å². The van der Waals surface area contributed by atoms with Gasteiger partial charge in [0.25, 0.3) is 5.69 Å². The number of hydrogen-bond acceptors (Lipinski definition) is 7. The number of hydrogen-bond donors (Lipinski definition) is 2. The predicted octanol–water partition coefficient (Wildman–Crippen LogP) is 3.32. The van der Waals surface area contributed by atoms with Gasteiger partial charge in [0.1, 0.15) is 5.69 Å². The van der Waals surface area contributed by atoms with Crippen LogP contribution in [0.2, 0.25) is 0 Å². The zero-order valence-corrected chi connectivity index (χ0v) is 17.8. The largest absolute Gasteiger partial charge is 0.385 e. The van der Waals surface area contributed by atoms with Crippen LogP contribution in [0.5, 0.6) is 0 Å². The second-order valence-corrected chi connectivity index (χ2v) is 9.43. The molecule has 0 aliphatic carbocycles. The number of pyridine rings is 1. The Kier molecular flexibility index (Phi) is 7.22. The van der Waals surface area contributed by atoms with Gasteiger partial charge in [0.05, 0.1) is 9.82 Å². The summed E-state index contributed by atoms with van der Waals surface area (Å²) >= 11 is 0. The minimum Gasteiger partial charge on any atom is -0.385 e. The first-order valence-corrected chi connectivity index (χ1v) is 11.5.